The number of aliphatic hydroxyl groups excluding tert-OH is 1. The van der Waals surface area contributed by atoms with E-state index in [1.807, 2.05) is 0 Å². The third-order valence-corrected chi connectivity index (χ3v) is 3.22. The minimum atomic E-state index is 0.300. The van der Waals surface area contributed by atoms with Gasteiger partial charge in [0.1, 0.15) is 0 Å². The van der Waals surface area contributed by atoms with E-state index in [-0.39, 0.29) is 0 Å². The summed E-state index contributed by atoms with van der Waals surface area (Å²) in [5, 5.41) is 12.4. The van der Waals surface area contributed by atoms with Gasteiger partial charge in [-0.05, 0) is 44.8 Å². The topological polar surface area (TPSA) is 35.5 Å². The van der Waals surface area contributed by atoms with Crippen molar-refractivity contribution in [2.45, 2.75) is 32.6 Å². The number of unbranched alkanes of at least 4 members (excludes halogenated alkanes) is 1. The smallest absolute Gasteiger partial charge is 0.0558 e. The first-order valence-electron chi connectivity index (χ1n) is 6.40. The lowest BCUT2D eigenvalue weighted by molar-refractivity contribution is 0.161. The molecule has 0 bridgehead atoms. The first kappa shape index (κ1) is 12.9. The SMILES string of the molecule is CCCCN(CCO)CC1CCNCC1. The molecule has 0 aromatic carbocycles. The fourth-order valence-electron chi connectivity index (χ4n) is 2.25. The largest absolute Gasteiger partial charge is 0.395 e. The van der Waals surface area contributed by atoms with Crippen LogP contribution in [0.25, 0.3) is 0 Å². The molecule has 3 heteroatoms. The molecule has 1 aliphatic rings. The number of hydrogen-bond acceptors (Lipinski definition) is 3. The normalized spacial score (nSPS) is 18.6. The molecule has 0 spiro atoms. The van der Waals surface area contributed by atoms with Crippen LogP contribution in [0.5, 0.6) is 0 Å². The highest BCUT2D eigenvalue weighted by molar-refractivity contribution is 4.72. The molecule has 0 atom stereocenters. The Labute approximate surface area is 93.9 Å². The zero-order valence-corrected chi connectivity index (χ0v) is 10.0. The van der Waals surface area contributed by atoms with Crippen molar-refractivity contribution < 1.29 is 5.11 Å². The molecule has 3 nitrogen and oxygen atoms in total. The highest BCUT2D eigenvalue weighted by Crippen LogP contribution is 2.13. The van der Waals surface area contributed by atoms with Gasteiger partial charge in [0, 0.05) is 13.1 Å². The molecule has 0 aromatic heterocycles. The van der Waals surface area contributed by atoms with Crippen LogP contribution in [0.15, 0.2) is 0 Å². The molecule has 1 fully saturated rings. The zero-order valence-electron chi connectivity index (χ0n) is 10.0. The Kier molecular flexibility index (Phi) is 6.98. The molecular formula is C12H26N2O. The van der Waals surface area contributed by atoms with Crippen molar-refractivity contribution in [2.24, 2.45) is 5.92 Å². The van der Waals surface area contributed by atoms with E-state index in [1.54, 1.807) is 0 Å². The number of aliphatic hydroxyl groups is 1. The molecular weight excluding hydrogens is 188 g/mol. The average Bonchev–Trinajstić information content (AvgIpc) is 2.28. The zero-order chi connectivity index (χ0) is 10.9. The fourth-order valence-corrected chi connectivity index (χ4v) is 2.25. The average molecular weight is 214 g/mol. The van der Waals surface area contributed by atoms with E-state index < -0.39 is 0 Å². The maximum atomic E-state index is 9.01. The molecule has 15 heavy (non-hydrogen) atoms. The van der Waals surface area contributed by atoms with Crippen LogP contribution in [0, 0.1) is 5.92 Å². The van der Waals surface area contributed by atoms with Crippen molar-refractivity contribution >= 4 is 0 Å². The maximum absolute atomic E-state index is 9.01. The predicted molar refractivity (Wildman–Crippen MR) is 64.0 cm³/mol. The third-order valence-electron chi connectivity index (χ3n) is 3.22. The number of nitrogens with zero attached hydrogens (tertiary/aromatic N) is 1. The molecule has 2 N–H and O–H groups in total. The van der Waals surface area contributed by atoms with Gasteiger partial charge in [0.15, 0.2) is 0 Å². The highest BCUT2D eigenvalue weighted by atomic mass is 16.3. The van der Waals surface area contributed by atoms with Gasteiger partial charge in [0.05, 0.1) is 6.61 Å². The van der Waals surface area contributed by atoms with E-state index in [4.69, 9.17) is 5.11 Å². The van der Waals surface area contributed by atoms with Gasteiger partial charge in [-0.2, -0.15) is 0 Å². The quantitative estimate of drug-likeness (QED) is 0.666. The first-order valence-corrected chi connectivity index (χ1v) is 6.40. The Morgan fingerprint density at radius 1 is 1.27 bits per heavy atom. The summed E-state index contributed by atoms with van der Waals surface area (Å²) in [7, 11) is 0. The van der Waals surface area contributed by atoms with Crippen molar-refractivity contribution in [3.8, 4) is 0 Å². The molecule has 1 heterocycles. The van der Waals surface area contributed by atoms with Crippen LogP contribution in [0.3, 0.4) is 0 Å². The van der Waals surface area contributed by atoms with E-state index in [0.717, 1.165) is 19.0 Å². The van der Waals surface area contributed by atoms with Crippen molar-refractivity contribution in [3.05, 3.63) is 0 Å². The van der Waals surface area contributed by atoms with Gasteiger partial charge in [-0.25, -0.2) is 0 Å². The van der Waals surface area contributed by atoms with Crippen molar-refractivity contribution in [2.75, 3.05) is 39.3 Å². The monoisotopic (exact) mass is 214 g/mol. The van der Waals surface area contributed by atoms with E-state index >= 15 is 0 Å². The lowest BCUT2D eigenvalue weighted by atomic mass is 9.97. The Morgan fingerprint density at radius 2 is 2.00 bits per heavy atom. The van der Waals surface area contributed by atoms with E-state index in [1.165, 1.54) is 45.3 Å². The van der Waals surface area contributed by atoms with Crippen LogP contribution < -0.4 is 5.32 Å². The Morgan fingerprint density at radius 3 is 2.60 bits per heavy atom. The molecule has 1 rings (SSSR count). The van der Waals surface area contributed by atoms with Gasteiger partial charge < -0.3 is 15.3 Å². The highest BCUT2D eigenvalue weighted by Gasteiger charge is 2.16. The molecule has 90 valence electrons. The minimum absolute atomic E-state index is 0.300. The predicted octanol–water partition coefficient (Wildman–Crippen LogP) is 1.08. The van der Waals surface area contributed by atoms with Crippen LogP contribution in [0.4, 0.5) is 0 Å². The Balaban J connectivity index is 2.21. The lowest BCUT2D eigenvalue weighted by Crippen LogP contribution is -2.37. The Hall–Kier alpha value is -0.120. The number of rotatable bonds is 7. The van der Waals surface area contributed by atoms with Gasteiger partial charge in [-0.15, -0.1) is 0 Å². The lowest BCUT2D eigenvalue weighted by Gasteiger charge is -2.29. The van der Waals surface area contributed by atoms with Crippen molar-refractivity contribution in [3.63, 3.8) is 0 Å². The third kappa shape index (κ3) is 5.50. The van der Waals surface area contributed by atoms with E-state index in [0.29, 0.717) is 6.61 Å². The molecule has 0 aliphatic carbocycles. The first-order chi connectivity index (χ1) is 7.36. The van der Waals surface area contributed by atoms with Crippen LogP contribution >= 0.6 is 0 Å². The van der Waals surface area contributed by atoms with Crippen molar-refractivity contribution in [1.29, 1.82) is 0 Å². The maximum Gasteiger partial charge on any atom is 0.0558 e. The van der Waals surface area contributed by atoms with Gasteiger partial charge >= 0.3 is 0 Å². The fraction of sp³-hybridized carbons (Fsp3) is 1.00. The van der Waals surface area contributed by atoms with E-state index in [2.05, 4.69) is 17.1 Å². The van der Waals surface area contributed by atoms with Crippen molar-refractivity contribution in [1.82, 2.24) is 10.2 Å². The van der Waals surface area contributed by atoms with Crippen LogP contribution in [0.2, 0.25) is 0 Å². The summed E-state index contributed by atoms with van der Waals surface area (Å²) in [4.78, 5) is 2.43. The second-order valence-corrected chi connectivity index (χ2v) is 4.57. The molecule has 0 amide bonds. The van der Waals surface area contributed by atoms with Gasteiger partial charge in [0.25, 0.3) is 0 Å². The van der Waals surface area contributed by atoms with Gasteiger partial charge in [0.2, 0.25) is 0 Å². The second kappa shape index (κ2) is 8.08. The number of hydrogen-bond donors (Lipinski definition) is 2. The molecule has 1 aliphatic heterocycles. The van der Waals surface area contributed by atoms with Crippen LogP contribution in [-0.4, -0.2) is 49.3 Å². The number of nitrogens with one attached hydrogen (secondary N) is 1. The summed E-state index contributed by atoms with van der Waals surface area (Å²) in [6.07, 6.45) is 5.10. The standard InChI is InChI=1S/C12H26N2O/c1-2-3-8-14(9-10-15)11-12-4-6-13-7-5-12/h12-13,15H,2-11H2,1H3. The summed E-state index contributed by atoms with van der Waals surface area (Å²) < 4.78 is 0. The molecule has 1 saturated heterocycles. The molecule has 0 saturated carbocycles. The molecule has 0 radical (unpaired) electrons. The minimum Gasteiger partial charge on any atom is -0.395 e. The molecule has 0 unspecified atom stereocenters. The second-order valence-electron chi connectivity index (χ2n) is 4.57. The summed E-state index contributed by atoms with van der Waals surface area (Å²) >= 11 is 0. The van der Waals surface area contributed by atoms with E-state index in [9.17, 15) is 0 Å². The summed E-state index contributed by atoms with van der Waals surface area (Å²) in [5.74, 6) is 0.842. The van der Waals surface area contributed by atoms with Crippen LogP contribution in [-0.2, 0) is 0 Å². The van der Waals surface area contributed by atoms with Gasteiger partial charge in [-0.3, -0.25) is 0 Å². The summed E-state index contributed by atoms with van der Waals surface area (Å²) in [6.45, 7) is 8.06. The Bertz CT molecular complexity index is 147. The van der Waals surface area contributed by atoms with Gasteiger partial charge in [-0.1, -0.05) is 13.3 Å². The number of piperidine rings is 1. The molecule has 0 aromatic rings. The summed E-state index contributed by atoms with van der Waals surface area (Å²) in [6, 6.07) is 0. The van der Waals surface area contributed by atoms with Crippen LogP contribution in [0.1, 0.15) is 32.6 Å². The summed E-state index contributed by atoms with van der Waals surface area (Å²) in [5.41, 5.74) is 0.